The quantitative estimate of drug-likeness (QED) is 0.0437. The highest BCUT2D eigenvalue weighted by Gasteiger charge is 2.05. The Kier molecular flexibility index (Phi) is 35.7. The highest BCUT2D eigenvalue weighted by atomic mass is 16.5. The van der Waals surface area contributed by atoms with Gasteiger partial charge in [-0.25, -0.2) is 0 Å². The highest BCUT2D eigenvalue weighted by Crippen LogP contribution is 2.20. The van der Waals surface area contributed by atoms with Crippen molar-refractivity contribution in [3.63, 3.8) is 0 Å². The molecule has 43 heavy (non-hydrogen) atoms. The van der Waals surface area contributed by atoms with Crippen molar-refractivity contribution >= 4 is 0 Å². The zero-order valence-electron chi connectivity index (χ0n) is 29.0. The molecule has 0 bridgehead atoms. The van der Waals surface area contributed by atoms with E-state index in [2.05, 4.69) is 38.2 Å². The number of ether oxygens (including phenoxy) is 1. The Morgan fingerprint density at radius 3 is 0.977 bits per heavy atom. The second-order valence-corrected chi connectivity index (χ2v) is 12.5. The van der Waals surface area contributed by atoms with Gasteiger partial charge in [-0.2, -0.15) is 0 Å². The van der Waals surface area contributed by atoms with Gasteiger partial charge in [-0.15, -0.1) is 0 Å². The van der Waals surface area contributed by atoms with Crippen molar-refractivity contribution in [1.29, 1.82) is 0 Å². The van der Waals surface area contributed by atoms with Gasteiger partial charge in [0.2, 0.25) is 0 Å². The summed E-state index contributed by atoms with van der Waals surface area (Å²) in [5.41, 5.74) is 0. The van der Waals surface area contributed by atoms with Crippen LogP contribution in [0.25, 0.3) is 0 Å². The van der Waals surface area contributed by atoms with E-state index in [-0.39, 0.29) is 13.2 Å². The lowest BCUT2D eigenvalue weighted by molar-refractivity contribution is 0.252. The summed E-state index contributed by atoms with van der Waals surface area (Å²) in [6.45, 7) is 4.55. The molecule has 2 N–H and O–H groups in total. The van der Waals surface area contributed by atoms with E-state index in [1.165, 1.54) is 154 Å². The summed E-state index contributed by atoms with van der Waals surface area (Å²) in [6.07, 6.45) is 48.4. The molecule has 0 heterocycles. The van der Waals surface area contributed by atoms with Crippen LogP contribution in [0.5, 0.6) is 0 Å². The Bertz CT molecular complexity index is 605. The van der Waals surface area contributed by atoms with Gasteiger partial charge in [0.25, 0.3) is 0 Å². The van der Waals surface area contributed by atoms with Crippen LogP contribution in [-0.4, -0.2) is 23.4 Å². The average molecular weight is 603 g/mol. The van der Waals surface area contributed by atoms with Crippen LogP contribution in [0.15, 0.2) is 48.0 Å². The van der Waals surface area contributed by atoms with Gasteiger partial charge in [0.15, 0.2) is 0 Å². The third-order valence-corrected chi connectivity index (χ3v) is 8.27. The monoisotopic (exact) mass is 603 g/mol. The molecule has 3 nitrogen and oxygen atoms in total. The number of hydrogen-bond acceptors (Lipinski definition) is 3. The minimum absolute atomic E-state index is 0.000216. The molecule has 0 saturated carbocycles. The first kappa shape index (κ1) is 41.7. The van der Waals surface area contributed by atoms with E-state index < -0.39 is 0 Å². The predicted octanol–water partition coefficient (Wildman–Crippen LogP) is 12.8. The number of unbranched alkanes of at least 4 members (excludes halogenated alkanes) is 22. The summed E-state index contributed by atoms with van der Waals surface area (Å²) in [4.78, 5) is 0. The molecular weight excluding hydrogens is 528 g/mol. The third kappa shape index (κ3) is 33.4. The van der Waals surface area contributed by atoms with Crippen LogP contribution in [0.2, 0.25) is 0 Å². The van der Waals surface area contributed by atoms with Gasteiger partial charge in [-0.3, -0.25) is 0 Å². The smallest absolute Gasteiger partial charge is 0.102 e. The standard InChI is InChI=1S/C40H74O3/c1-3-5-7-9-11-13-15-17-19-21-23-25-27-29-31-33-39(35-37-41)43-40(36-38-42)34-32-30-28-26-24-22-20-18-16-14-12-10-8-6-4-2/h17-20,35-36,41-42H,3-16,21-34,37-38H2,1-2H3/b19-17-,20-18-,39-35?,40-36?. The largest absolute Gasteiger partial charge is 0.467 e. The lowest BCUT2D eigenvalue weighted by Crippen LogP contribution is -1.98. The van der Waals surface area contributed by atoms with E-state index in [4.69, 9.17) is 4.74 Å². The van der Waals surface area contributed by atoms with Gasteiger partial charge in [0, 0.05) is 12.8 Å². The fourth-order valence-electron chi connectivity index (χ4n) is 5.50. The molecule has 0 atom stereocenters. The molecule has 252 valence electrons. The molecule has 0 aromatic heterocycles. The predicted molar refractivity (Wildman–Crippen MR) is 190 cm³/mol. The number of aliphatic hydroxyl groups excluding tert-OH is 2. The van der Waals surface area contributed by atoms with E-state index in [9.17, 15) is 10.2 Å². The first-order valence-electron chi connectivity index (χ1n) is 18.9. The maximum atomic E-state index is 9.49. The summed E-state index contributed by atoms with van der Waals surface area (Å²) < 4.78 is 6.15. The second-order valence-electron chi connectivity index (χ2n) is 12.5. The van der Waals surface area contributed by atoms with Crippen LogP contribution in [0.3, 0.4) is 0 Å². The van der Waals surface area contributed by atoms with Crippen molar-refractivity contribution in [2.24, 2.45) is 0 Å². The molecule has 0 rings (SSSR count). The second kappa shape index (κ2) is 36.9. The van der Waals surface area contributed by atoms with Gasteiger partial charge in [0.1, 0.15) is 11.5 Å². The summed E-state index contributed by atoms with van der Waals surface area (Å²) >= 11 is 0. The topological polar surface area (TPSA) is 49.7 Å². The minimum Gasteiger partial charge on any atom is -0.467 e. The molecular formula is C40H74O3. The molecule has 0 aromatic rings. The van der Waals surface area contributed by atoms with E-state index in [0.29, 0.717) is 0 Å². The van der Waals surface area contributed by atoms with Crippen molar-refractivity contribution in [2.45, 2.75) is 194 Å². The Morgan fingerprint density at radius 1 is 0.395 bits per heavy atom. The molecule has 0 aromatic carbocycles. The maximum Gasteiger partial charge on any atom is 0.102 e. The Balaban J connectivity index is 3.86. The van der Waals surface area contributed by atoms with Gasteiger partial charge in [-0.05, 0) is 76.4 Å². The van der Waals surface area contributed by atoms with Crippen LogP contribution >= 0.6 is 0 Å². The van der Waals surface area contributed by atoms with Crippen molar-refractivity contribution in [3.8, 4) is 0 Å². The Hall–Kier alpha value is -1.32. The van der Waals surface area contributed by atoms with Crippen molar-refractivity contribution < 1.29 is 14.9 Å². The summed E-state index contributed by atoms with van der Waals surface area (Å²) in [6, 6.07) is 0. The van der Waals surface area contributed by atoms with Crippen molar-refractivity contribution in [1.82, 2.24) is 0 Å². The summed E-state index contributed by atoms with van der Waals surface area (Å²) in [5, 5.41) is 19.0. The molecule has 0 radical (unpaired) electrons. The fourth-order valence-corrected chi connectivity index (χ4v) is 5.50. The first-order valence-corrected chi connectivity index (χ1v) is 18.9. The molecule has 0 fully saturated rings. The summed E-state index contributed by atoms with van der Waals surface area (Å²) in [5.74, 6) is 1.71. The minimum atomic E-state index is 0.000216. The van der Waals surface area contributed by atoms with Crippen molar-refractivity contribution in [3.05, 3.63) is 48.0 Å². The van der Waals surface area contributed by atoms with Gasteiger partial charge >= 0.3 is 0 Å². The van der Waals surface area contributed by atoms with E-state index in [1.54, 1.807) is 12.2 Å². The average Bonchev–Trinajstić information content (AvgIpc) is 3.01. The van der Waals surface area contributed by atoms with Crippen molar-refractivity contribution in [2.75, 3.05) is 13.2 Å². The molecule has 0 saturated heterocycles. The molecule has 0 aliphatic heterocycles. The van der Waals surface area contributed by atoms with Gasteiger partial charge in [-0.1, -0.05) is 141 Å². The lowest BCUT2D eigenvalue weighted by atomic mass is 10.1. The zero-order chi connectivity index (χ0) is 31.3. The van der Waals surface area contributed by atoms with Crippen LogP contribution in [-0.2, 0) is 4.74 Å². The molecule has 3 heteroatoms. The fraction of sp³-hybridized carbons (Fsp3) is 0.800. The normalized spacial score (nSPS) is 12.7. The first-order chi connectivity index (χ1) is 21.3. The van der Waals surface area contributed by atoms with Crippen LogP contribution in [0.4, 0.5) is 0 Å². The number of hydrogen-bond donors (Lipinski definition) is 2. The van der Waals surface area contributed by atoms with Gasteiger partial charge < -0.3 is 14.9 Å². The van der Waals surface area contributed by atoms with Crippen LogP contribution in [0, 0.1) is 0 Å². The summed E-state index contributed by atoms with van der Waals surface area (Å²) in [7, 11) is 0. The number of allylic oxidation sites excluding steroid dienone is 6. The Labute approximate surface area is 269 Å². The SMILES string of the molecule is CCCCCCCC/C=C\CCCCCCCC(=CCO)OC(=CCO)CCCCCCC/C=C\CCCCCCCC. The zero-order valence-corrected chi connectivity index (χ0v) is 29.0. The van der Waals surface area contributed by atoms with Crippen LogP contribution < -0.4 is 0 Å². The number of rotatable bonds is 34. The van der Waals surface area contributed by atoms with E-state index in [1.807, 2.05) is 0 Å². The maximum absolute atomic E-state index is 9.49. The van der Waals surface area contributed by atoms with Crippen LogP contribution in [0.1, 0.15) is 194 Å². The molecule has 0 aliphatic rings. The number of aliphatic hydroxyl groups is 2. The van der Waals surface area contributed by atoms with Gasteiger partial charge in [0.05, 0.1) is 13.2 Å². The third-order valence-electron chi connectivity index (χ3n) is 8.27. The van der Waals surface area contributed by atoms with E-state index >= 15 is 0 Å². The van der Waals surface area contributed by atoms with E-state index in [0.717, 1.165) is 37.2 Å². The highest BCUT2D eigenvalue weighted by molar-refractivity contribution is 5.02. The molecule has 0 spiro atoms. The molecule has 0 unspecified atom stereocenters. The molecule has 0 aliphatic carbocycles. The lowest BCUT2D eigenvalue weighted by Gasteiger charge is -2.14. The Morgan fingerprint density at radius 2 is 0.674 bits per heavy atom. The molecule has 0 amide bonds.